The van der Waals surface area contributed by atoms with E-state index in [0.29, 0.717) is 11.7 Å². The first-order valence-corrected chi connectivity index (χ1v) is 6.03. The highest BCUT2D eigenvalue weighted by molar-refractivity contribution is 5.35. The van der Waals surface area contributed by atoms with E-state index in [1.165, 1.54) is 12.0 Å². The summed E-state index contributed by atoms with van der Waals surface area (Å²) < 4.78 is 0. The summed E-state index contributed by atoms with van der Waals surface area (Å²) in [5, 5.41) is 9.62. The van der Waals surface area contributed by atoms with Crippen LogP contribution in [-0.4, -0.2) is 30.1 Å². The van der Waals surface area contributed by atoms with Gasteiger partial charge >= 0.3 is 0 Å². The first-order valence-electron chi connectivity index (χ1n) is 6.03. The lowest BCUT2D eigenvalue weighted by Gasteiger charge is -2.34. The Kier molecular flexibility index (Phi) is 2.94. The number of likely N-dealkylation sites (tertiary alicyclic amines) is 1. The molecule has 1 heterocycles. The van der Waals surface area contributed by atoms with Gasteiger partial charge in [0.25, 0.3) is 0 Å². The number of phenolic OH excluding ortho intramolecular Hbond substituents is 1. The van der Waals surface area contributed by atoms with Crippen molar-refractivity contribution in [3.63, 3.8) is 0 Å². The molecule has 0 amide bonds. The van der Waals surface area contributed by atoms with Crippen LogP contribution in [0.1, 0.15) is 25.8 Å². The molecule has 0 aromatic heterocycles. The smallest absolute Gasteiger partial charge is 0.115 e. The maximum atomic E-state index is 9.62. The number of likely N-dealkylation sites (N-methyl/N-ethyl adjacent to an activating group) is 1. The van der Waals surface area contributed by atoms with Gasteiger partial charge in [-0.05, 0) is 43.6 Å². The van der Waals surface area contributed by atoms with Gasteiger partial charge in [-0.15, -0.1) is 0 Å². The highest BCUT2D eigenvalue weighted by Gasteiger charge is 2.40. The monoisotopic (exact) mass is 219 g/mol. The number of hydrogen-bond acceptors (Lipinski definition) is 2. The maximum absolute atomic E-state index is 9.62. The van der Waals surface area contributed by atoms with Crippen LogP contribution in [0.3, 0.4) is 0 Å². The third-order valence-corrected chi connectivity index (χ3v) is 4.02. The molecule has 2 rings (SSSR count). The minimum absolute atomic E-state index is 0.216. The standard InChI is InChI=1S/C14H21NO/c1-11(2)14(7-8-15(3)10-14)12-5-4-6-13(16)9-12/h4-6,9,11,16H,7-8,10H2,1-3H3. The Labute approximate surface area is 97.9 Å². The second kappa shape index (κ2) is 4.10. The summed E-state index contributed by atoms with van der Waals surface area (Å²) in [5.74, 6) is 0.978. The van der Waals surface area contributed by atoms with E-state index >= 15 is 0 Å². The van der Waals surface area contributed by atoms with Crippen LogP contribution < -0.4 is 0 Å². The average Bonchev–Trinajstić information content (AvgIpc) is 2.62. The summed E-state index contributed by atoms with van der Waals surface area (Å²) >= 11 is 0. The molecule has 1 atom stereocenters. The predicted molar refractivity (Wildman–Crippen MR) is 66.7 cm³/mol. The summed E-state index contributed by atoms with van der Waals surface area (Å²) in [4.78, 5) is 2.38. The number of aromatic hydroxyl groups is 1. The summed E-state index contributed by atoms with van der Waals surface area (Å²) in [6, 6.07) is 7.78. The van der Waals surface area contributed by atoms with Crippen molar-refractivity contribution in [3.05, 3.63) is 29.8 Å². The van der Waals surface area contributed by atoms with Crippen molar-refractivity contribution in [2.75, 3.05) is 20.1 Å². The number of hydrogen-bond donors (Lipinski definition) is 1. The second-order valence-corrected chi connectivity index (χ2v) is 5.35. The van der Waals surface area contributed by atoms with Crippen molar-refractivity contribution >= 4 is 0 Å². The fraction of sp³-hybridized carbons (Fsp3) is 0.571. The Bertz CT molecular complexity index is 375. The molecule has 1 aliphatic rings. The molecule has 1 saturated heterocycles. The van der Waals surface area contributed by atoms with Crippen LogP contribution in [-0.2, 0) is 5.41 Å². The van der Waals surface area contributed by atoms with Crippen LogP contribution in [0, 0.1) is 5.92 Å². The summed E-state index contributed by atoms with van der Waals surface area (Å²) in [7, 11) is 2.17. The molecule has 1 aliphatic heterocycles. The topological polar surface area (TPSA) is 23.5 Å². The zero-order valence-corrected chi connectivity index (χ0v) is 10.4. The molecule has 16 heavy (non-hydrogen) atoms. The number of nitrogens with zero attached hydrogens (tertiary/aromatic N) is 1. The molecule has 1 unspecified atom stereocenters. The number of rotatable bonds is 2. The SMILES string of the molecule is CC(C)C1(c2cccc(O)c2)CCN(C)C1. The van der Waals surface area contributed by atoms with Gasteiger partial charge in [-0.2, -0.15) is 0 Å². The van der Waals surface area contributed by atoms with Crippen molar-refractivity contribution in [1.29, 1.82) is 0 Å². The highest BCUT2D eigenvalue weighted by Crippen LogP contribution is 2.41. The summed E-state index contributed by atoms with van der Waals surface area (Å²) in [5.41, 5.74) is 1.50. The Morgan fingerprint density at radius 3 is 2.62 bits per heavy atom. The molecule has 0 bridgehead atoms. The van der Waals surface area contributed by atoms with E-state index in [9.17, 15) is 5.11 Å². The minimum Gasteiger partial charge on any atom is -0.508 e. The Morgan fingerprint density at radius 2 is 2.12 bits per heavy atom. The van der Waals surface area contributed by atoms with Crippen molar-refractivity contribution in [1.82, 2.24) is 4.90 Å². The predicted octanol–water partition coefficient (Wildman–Crippen LogP) is 2.62. The lowest BCUT2D eigenvalue weighted by atomic mass is 9.71. The highest BCUT2D eigenvalue weighted by atomic mass is 16.3. The van der Waals surface area contributed by atoms with Gasteiger partial charge in [0, 0.05) is 12.0 Å². The zero-order valence-electron chi connectivity index (χ0n) is 10.4. The van der Waals surface area contributed by atoms with Gasteiger partial charge in [-0.3, -0.25) is 0 Å². The van der Waals surface area contributed by atoms with Gasteiger partial charge in [-0.25, -0.2) is 0 Å². The van der Waals surface area contributed by atoms with Gasteiger partial charge in [0.2, 0.25) is 0 Å². The first kappa shape index (κ1) is 11.5. The minimum atomic E-state index is 0.216. The molecule has 2 nitrogen and oxygen atoms in total. The number of phenols is 1. The van der Waals surface area contributed by atoms with Crippen LogP contribution >= 0.6 is 0 Å². The summed E-state index contributed by atoms with van der Waals surface area (Å²) in [6.07, 6.45) is 1.19. The second-order valence-electron chi connectivity index (χ2n) is 5.35. The molecule has 1 aromatic rings. The van der Waals surface area contributed by atoms with Gasteiger partial charge < -0.3 is 10.0 Å². The molecule has 2 heteroatoms. The fourth-order valence-electron chi connectivity index (χ4n) is 2.89. The first-order chi connectivity index (χ1) is 7.54. The molecule has 0 saturated carbocycles. The van der Waals surface area contributed by atoms with Crippen molar-refractivity contribution in [3.8, 4) is 5.75 Å². The lowest BCUT2D eigenvalue weighted by molar-refractivity contribution is 0.295. The average molecular weight is 219 g/mol. The Balaban J connectivity index is 2.40. The molecule has 1 aromatic carbocycles. The van der Waals surface area contributed by atoms with Crippen LogP contribution in [0.25, 0.3) is 0 Å². The molecule has 1 fully saturated rings. The van der Waals surface area contributed by atoms with E-state index in [1.54, 1.807) is 6.07 Å². The van der Waals surface area contributed by atoms with Crippen molar-refractivity contribution < 1.29 is 5.11 Å². The number of benzene rings is 1. The van der Waals surface area contributed by atoms with E-state index < -0.39 is 0 Å². The van der Waals surface area contributed by atoms with Crippen molar-refractivity contribution in [2.24, 2.45) is 5.92 Å². The van der Waals surface area contributed by atoms with E-state index in [4.69, 9.17) is 0 Å². The molecule has 0 spiro atoms. The quantitative estimate of drug-likeness (QED) is 0.826. The molecular formula is C14H21NO. The molecule has 1 N–H and O–H groups in total. The summed E-state index contributed by atoms with van der Waals surface area (Å²) in [6.45, 7) is 6.80. The normalized spacial score (nSPS) is 26.5. The van der Waals surface area contributed by atoms with Crippen LogP contribution in [0.15, 0.2) is 24.3 Å². The van der Waals surface area contributed by atoms with Crippen LogP contribution in [0.2, 0.25) is 0 Å². The van der Waals surface area contributed by atoms with Crippen LogP contribution in [0.5, 0.6) is 5.75 Å². The largest absolute Gasteiger partial charge is 0.508 e. The maximum Gasteiger partial charge on any atom is 0.115 e. The van der Waals surface area contributed by atoms with E-state index in [2.05, 4.69) is 31.9 Å². The Morgan fingerprint density at radius 1 is 1.38 bits per heavy atom. The van der Waals surface area contributed by atoms with Gasteiger partial charge in [0.05, 0.1) is 0 Å². The van der Waals surface area contributed by atoms with E-state index in [0.717, 1.165) is 13.1 Å². The molecular weight excluding hydrogens is 198 g/mol. The van der Waals surface area contributed by atoms with E-state index in [-0.39, 0.29) is 5.41 Å². The third-order valence-electron chi connectivity index (χ3n) is 4.02. The zero-order chi connectivity index (χ0) is 11.8. The lowest BCUT2D eigenvalue weighted by Crippen LogP contribution is -2.35. The fourth-order valence-corrected chi connectivity index (χ4v) is 2.89. The van der Waals surface area contributed by atoms with Gasteiger partial charge in [-0.1, -0.05) is 26.0 Å². The molecule has 0 aliphatic carbocycles. The molecule has 0 radical (unpaired) electrons. The van der Waals surface area contributed by atoms with Gasteiger partial charge in [0.1, 0.15) is 5.75 Å². The molecule has 88 valence electrons. The third kappa shape index (κ3) is 1.82. The Hall–Kier alpha value is -1.02. The van der Waals surface area contributed by atoms with Crippen molar-refractivity contribution in [2.45, 2.75) is 25.7 Å². The van der Waals surface area contributed by atoms with E-state index in [1.807, 2.05) is 12.1 Å². The van der Waals surface area contributed by atoms with Gasteiger partial charge in [0.15, 0.2) is 0 Å². The van der Waals surface area contributed by atoms with Crippen LogP contribution in [0.4, 0.5) is 0 Å².